The third-order valence-corrected chi connectivity index (χ3v) is 6.27. The van der Waals surface area contributed by atoms with Gasteiger partial charge in [0, 0.05) is 32.8 Å². The summed E-state index contributed by atoms with van der Waals surface area (Å²) in [5.41, 5.74) is -1.20. The van der Waals surface area contributed by atoms with Crippen molar-refractivity contribution in [2.75, 3.05) is 39.4 Å². The summed E-state index contributed by atoms with van der Waals surface area (Å²) < 4.78 is 70.5. The van der Waals surface area contributed by atoms with Gasteiger partial charge >= 0.3 is 6.18 Å². The number of sulfonamides is 1. The molecule has 0 bridgehead atoms. The van der Waals surface area contributed by atoms with E-state index in [-0.39, 0.29) is 38.7 Å². The number of alkyl halides is 3. The molecule has 11 heteroatoms. The van der Waals surface area contributed by atoms with Crippen molar-refractivity contribution in [2.24, 2.45) is 0 Å². The lowest BCUT2D eigenvalue weighted by Crippen LogP contribution is -2.51. The highest BCUT2D eigenvalue weighted by Crippen LogP contribution is 2.36. The summed E-state index contributed by atoms with van der Waals surface area (Å²) in [6, 6.07) is 2.50. The van der Waals surface area contributed by atoms with Gasteiger partial charge in [0.25, 0.3) is 0 Å². The molecule has 0 saturated carbocycles. The standard InChI is InChI=1S/C16H20ClF3N2O4S/c1-2-9-26-11-15(23)21-5-7-22(8-6-21)27(24,25)12-3-4-14(17)13(10-12)16(18,19)20/h3-4,10H,2,5-9,11H2,1H3. The van der Waals surface area contributed by atoms with E-state index in [1.807, 2.05) is 6.92 Å². The number of carbonyl (C=O) groups excluding carboxylic acids is 1. The molecule has 1 aliphatic heterocycles. The Morgan fingerprint density at radius 2 is 1.85 bits per heavy atom. The zero-order valence-electron chi connectivity index (χ0n) is 14.6. The van der Waals surface area contributed by atoms with E-state index < -0.39 is 31.7 Å². The summed E-state index contributed by atoms with van der Waals surface area (Å²) in [5, 5.41) is -0.566. The Kier molecular flexibility index (Phi) is 7.12. The van der Waals surface area contributed by atoms with Crippen LogP contribution in [-0.2, 0) is 25.7 Å². The fraction of sp³-hybridized carbons (Fsp3) is 0.562. The average Bonchev–Trinajstić information content (AvgIpc) is 2.61. The Hall–Kier alpha value is -1.36. The lowest BCUT2D eigenvalue weighted by Gasteiger charge is -2.34. The number of carbonyl (C=O) groups is 1. The summed E-state index contributed by atoms with van der Waals surface area (Å²) >= 11 is 5.54. The molecule has 0 atom stereocenters. The molecular formula is C16H20ClF3N2O4S. The molecule has 2 rings (SSSR count). The van der Waals surface area contributed by atoms with Gasteiger partial charge in [-0.3, -0.25) is 4.79 Å². The van der Waals surface area contributed by atoms with E-state index in [9.17, 15) is 26.4 Å². The first-order valence-corrected chi connectivity index (χ1v) is 10.1. The van der Waals surface area contributed by atoms with Crippen molar-refractivity contribution in [3.63, 3.8) is 0 Å². The maximum absolute atomic E-state index is 13.0. The second-order valence-corrected chi connectivity index (χ2v) is 8.32. The van der Waals surface area contributed by atoms with Crippen LogP contribution in [0.1, 0.15) is 18.9 Å². The molecule has 0 aromatic heterocycles. The second kappa shape index (κ2) is 8.76. The molecule has 0 radical (unpaired) electrons. The molecule has 0 aliphatic carbocycles. The number of hydrogen-bond donors (Lipinski definition) is 0. The molecule has 1 saturated heterocycles. The molecule has 27 heavy (non-hydrogen) atoms. The number of halogens is 4. The number of amides is 1. The number of benzene rings is 1. The summed E-state index contributed by atoms with van der Waals surface area (Å²) in [6.45, 7) is 2.57. The molecule has 0 unspecified atom stereocenters. The smallest absolute Gasteiger partial charge is 0.372 e. The van der Waals surface area contributed by atoms with Crippen molar-refractivity contribution in [1.29, 1.82) is 0 Å². The predicted octanol–water partition coefficient (Wildman–Crippen LogP) is 2.62. The van der Waals surface area contributed by atoms with Crippen LogP contribution in [0.3, 0.4) is 0 Å². The molecule has 6 nitrogen and oxygen atoms in total. The monoisotopic (exact) mass is 428 g/mol. The second-order valence-electron chi connectivity index (χ2n) is 5.98. The highest BCUT2D eigenvalue weighted by Gasteiger charge is 2.36. The van der Waals surface area contributed by atoms with Gasteiger partial charge in [-0.25, -0.2) is 8.42 Å². The summed E-state index contributed by atoms with van der Waals surface area (Å²) in [5.74, 6) is -0.244. The number of ether oxygens (including phenoxy) is 1. The van der Waals surface area contributed by atoms with Gasteiger partial charge in [0.05, 0.1) is 15.5 Å². The van der Waals surface area contributed by atoms with E-state index >= 15 is 0 Å². The Bertz CT molecular complexity index is 778. The van der Waals surface area contributed by atoms with E-state index in [2.05, 4.69) is 0 Å². The molecule has 152 valence electrons. The Balaban J connectivity index is 2.08. The largest absolute Gasteiger partial charge is 0.417 e. The first kappa shape index (κ1) is 21.9. The van der Waals surface area contributed by atoms with Crippen LogP contribution in [0.15, 0.2) is 23.1 Å². The molecule has 1 aromatic carbocycles. The van der Waals surface area contributed by atoms with Gasteiger partial charge in [-0.15, -0.1) is 0 Å². The number of rotatable bonds is 6. The molecule has 1 amide bonds. The molecule has 1 aromatic rings. The third kappa shape index (κ3) is 5.34. The van der Waals surface area contributed by atoms with E-state index in [1.165, 1.54) is 4.90 Å². The van der Waals surface area contributed by atoms with Gasteiger partial charge in [0.1, 0.15) is 6.61 Å². The van der Waals surface area contributed by atoms with Crippen LogP contribution in [0.5, 0.6) is 0 Å². The number of nitrogens with zero attached hydrogens (tertiary/aromatic N) is 2. The van der Waals surface area contributed by atoms with Crippen LogP contribution in [-0.4, -0.2) is 62.9 Å². The minimum Gasteiger partial charge on any atom is -0.372 e. The summed E-state index contributed by atoms with van der Waals surface area (Å²) in [6.07, 6.45) is -3.98. The van der Waals surface area contributed by atoms with Crippen molar-refractivity contribution in [3.8, 4) is 0 Å². The van der Waals surface area contributed by atoms with Gasteiger partial charge in [0.2, 0.25) is 15.9 Å². The van der Waals surface area contributed by atoms with E-state index in [4.69, 9.17) is 16.3 Å². The highest BCUT2D eigenvalue weighted by molar-refractivity contribution is 7.89. The lowest BCUT2D eigenvalue weighted by atomic mass is 10.2. The Morgan fingerprint density at radius 1 is 1.22 bits per heavy atom. The van der Waals surface area contributed by atoms with Crippen LogP contribution >= 0.6 is 11.6 Å². The molecule has 1 fully saturated rings. The minimum absolute atomic E-state index is 0.00811. The fourth-order valence-corrected chi connectivity index (χ4v) is 4.28. The van der Waals surface area contributed by atoms with Crippen LogP contribution in [0, 0.1) is 0 Å². The van der Waals surface area contributed by atoms with Crippen molar-refractivity contribution in [1.82, 2.24) is 9.21 Å². The van der Waals surface area contributed by atoms with Gasteiger partial charge in [-0.1, -0.05) is 18.5 Å². The van der Waals surface area contributed by atoms with Crippen molar-refractivity contribution in [2.45, 2.75) is 24.4 Å². The number of hydrogen-bond acceptors (Lipinski definition) is 4. The topological polar surface area (TPSA) is 66.9 Å². The molecule has 1 heterocycles. The third-order valence-electron chi connectivity index (χ3n) is 4.05. The van der Waals surface area contributed by atoms with Crippen molar-refractivity contribution in [3.05, 3.63) is 28.8 Å². The Morgan fingerprint density at radius 3 is 2.41 bits per heavy atom. The zero-order chi connectivity index (χ0) is 20.2. The quantitative estimate of drug-likeness (QED) is 0.653. The summed E-state index contributed by atoms with van der Waals surface area (Å²) in [4.78, 5) is 13.0. The van der Waals surface area contributed by atoms with Gasteiger partial charge in [-0.05, 0) is 24.6 Å². The molecular weight excluding hydrogens is 409 g/mol. The predicted molar refractivity (Wildman–Crippen MR) is 92.9 cm³/mol. The van der Waals surface area contributed by atoms with E-state index in [0.717, 1.165) is 22.9 Å². The van der Waals surface area contributed by atoms with Gasteiger partial charge in [-0.2, -0.15) is 17.5 Å². The first-order chi connectivity index (χ1) is 12.6. The van der Waals surface area contributed by atoms with Crippen LogP contribution in [0.2, 0.25) is 5.02 Å². The van der Waals surface area contributed by atoms with E-state index in [1.54, 1.807) is 0 Å². The molecule has 1 aliphatic rings. The van der Waals surface area contributed by atoms with Gasteiger partial charge in [0.15, 0.2) is 0 Å². The fourth-order valence-electron chi connectivity index (χ4n) is 2.60. The van der Waals surface area contributed by atoms with Crippen molar-refractivity contribution < 1.29 is 31.1 Å². The van der Waals surface area contributed by atoms with E-state index in [0.29, 0.717) is 12.7 Å². The van der Waals surface area contributed by atoms with Crippen molar-refractivity contribution >= 4 is 27.5 Å². The van der Waals surface area contributed by atoms with Crippen LogP contribution < -0.4 is 0 Å². The van der Waals surface area contributed by atoms with Crippen LogP contribution in [0.4, 0.5) is 13.2 Å². The minimum atomic E-state index is -4.76. The molecule has 0 spiro atoms. The SMILES string of the molecule is CCCOCC(=O)N1CCN(S(=O)(=O)c2ccc(Cl)c(C(F)(F)F)c2)CC1. The molecule has 0 N–H and O–H groups in total. The normalized spacial score (nSPS) is 16.6. The first-order valence-electron chi connectivity index (χ1n) is 8.29. The highest BCUT2D eigenvalue weighted by atomic mass is 35.5. The number of piperazine rings is 1. The lowest BCUT2D eigenvalue weighted by molar-refractivity contribution is -0.138. The zero-order valence-corrected chi connectivity index (χ0v) is 16.2. The van der Waals surface area contributed by atoms with Gasteiger partial charge < -0.3 is 9.64 Å². The summed E-state index contributed by atoms with van der Waals surface area (Å²) in [7, 11) is -4.13. The van der Waals surface area contributed by atoms with Crippen LogP contribution in [0.25, 0.3) is 0 Å². The maximum atomic E-state index is 13.0. The maximum Gasteiger partial charge on any atom is 0.417 e. The Labute approximate surface area is 160 Å². The average molecular weight is 429 g/mol.